The van der Waals surface area contributed by atoms with Gasteiger partial charge < -0.3 is 10.1 Å². The Morgan fingerprint density at radius 1 is 1.23 bits per heavy atom. The number of halogens is 3. The first kappa shape index (κ1) is 18.5. The van der Waals surface area contributed by atoms with Gasteiger partial charge in [-0.25, -0.2) is 4.98 Å². The van der Waals surface area contributed by atoms with Crippen LogP contribution in [0.5, 0.6) is 5.88 Å². The predicted molar refractivity (Wildman–Crippen MR) is 93.6 cm³/mol. The molecule has 0 amide bonds. The molecule has 1 fully saturated rings. The highest BCUT2D eigenvalue weighted by Gasteiger charge is 2.37. The molecule has 26 heavy (non-hydrogen) atoms. The summed E-state index contributed by atoms with van der Waals surface area (Å²) in [6, 6.07) is 7.68. The number of benzene rings is 1. The zero-order valence-electron chi connectivity index (χ0n) is 14.6. The van der Waals surface area contributed by atoms with Crippen LogP contribution in [-0.2, 0) is 12.6 Å². The van der Waals surface area contributed by atoms with Gasteiger partial charge in [0.2, 0.25) is 11.8 Å². The molecule has 1 saturated carbocycles. The normalized spacial score (nSPS) is 15.2. The second kappa shape index (κ2) is 7.93. The highest BCUT2D eigenvalue weighted by atomic mass is 19.4. The Bertz CT molecular complexity index is 743. The first-order valence-corrected chi connectivity index (χ1v) is 8.92. The van der Waals surface area contributed by atoms with Crippen molar-refractivity contribution in [1.29, 1.82) is 0 Å². The third-order valence-electron chi connectivity index (χ3n) is 4.36. The number of aryl methyl sites for hydroxylation is 1. The largest absolute Gasteiger partial charge is 0.474 e. The lowest BCUT2D eigenvalue weighted by Gasteiger charge is -2.17. The standard InChI is InChI=1S/C19H22F3N3O/c1-2-6-13-7-5-8-14(11-13)24-18-23-12-16(19(20,21)22)17(25-18)26-15-9-3-4-10-15/h5,7-8,11-12,15H,2-4,6,9-10H2,1H3,(H,23,24,25). The first-order valence-electron chi connectivity index (χ1n) is 8.92. The van der Waals surface area contributed by atoms with E-state index in [0.717, 1.165) is 56.0 Å². The van der Waals surface area contributed by atoms with E-state index in [1.54, 1.807) is 0 Å². The van der Waals surface area contributed by atoms with E-state index in [0.29, 0.717) is 0 Å². The van der Waals surface area contributed by atoms with Crippen molar-refractivity contribution in [1.82, 2.24) is 9.97 Å². The fourth-order valence-electron chi connectivity index (χ4n) is 3.10. The Balaban J connectivity index is 1.84. The molecule has 0 radical (unpaired) electrons. The maximum absolute atomic E-state index is 13.2. The molecule has 0 spiro atoms. The number of alkyl halides is 3. The fourth-order valence-corrected chi connectivity index (χ4v) is 3.10. The zero-order valence-corrected chi connectivity index (χ0v) is 14.6. The van der Waals surface area contributed by atoms with Gasteiger partial charge in [-0.3, -0.25) is 0 Å². The van der Waals surface area contributed by atoms with E-state index in [1.165, 1.54) is 0 Å². The lowest BCUT2D eigenvalue weighted by molar-refractivity contribution is -0.139. The third-order valence-corrected chi connectivity index (χ3v) is 4.36. The number of rotatable bonds is 6. The van der Waals surface area contributed by atoms with Crippen molar-refractivity contribution >= 4 is 11.6 Å². The molecule has 0 aliphatic heterocycles. The van der Waals surface area contributed by atoms with E-state index >= 15 is 0 Å². The van der Waals surface area contributed by atoms with Crippen LogP contribution >= 0.6 is 0 Å². The molecule has 1 aliphatic carbocycles. The molecule has 0 bridgehead atoms. The highest BCUT2D eigenvalue weighted by molar-refractivity contribution is 5.55. The van der Waals surface area contributed by atoms with Crippen LogP contribution in [-0.4, -0.2) is 16.1 Å². The minimum absolute atomic E-state index is 0.0969. The lowest BCUT2D eigenvalue weighted by atomic mass is 10.1. The van der Waals surface area contributed by atoms with Gasteiger partial charge >= 0.3 is 6.18 Å². The van der Waals surface area contributed by atoms with Gasteiger partial charge in [-0.05, 0) is 49.8 Å². The van der Waals surface area contributed by atoms with Crippen molar-refractivity contribution in [2.45, 2.75) is 57.7 Å². The average Bonchev–Trinajstić information content (AvgIpc) is 3.08. The summed E-state index contributed by atoms with van der Waals surface area (Å²) in [7, 11) is 0. The molecule has 1 heterocycles. The topological polar surface area (TPSA) is 47.0 Å². The van der Waals surface area contributed by atoms with E-state index in [-0.39, 0.29) is 12.1 Å². The van der Waals surface area contributed by atoms with Crippen LogP contribution in [0.1, 0.15) is 50.2 Å². The van der Waals surface area contributed by atoms with Gasteiger partial charge in [-0.1, -0.05) is 25.5 Å². The summed E-state index contributed by atoms with van der Waals surface area (Å²) in [6.45, 7) is 2.09. The Kier molecular flexibility index (Phi) is 5.64. The summed E-state index contributed by atoms with van der Waals surface area (Å²) in [5.74, 6) is -0.300. The van der Waals surface area contributed by atoms with Crippen LogP contribution < -0.4 is 10.1 Å². The number of anilines is 2. The zero-order chi connectivity index (χ0) is 18.6. The fraction of sp³-hybridized carbons (Fsp3) is 0.474. The lowest BCUT2D eigenvalue weighted by Crippen LogP contribution is -2.18. The van der Waals surface area contributed by atoms with E-state index in [9.17, 15) is 13.2 Å². The van der Waals surface area contributed by atoms with Gasteiger partial charge in [0, 0.05) is 11.9 Å². The molecule has 4 nitrogen and oxygen atoms in total. The van der Waals surface area contributed by atoms with Gasteiger partial charge in [0.15, 0.2) is 0 Å². The van der Waals surface area contributed by atoms with Crippen LogP contribution in [0.3, 0.4) is 0 Å². The minimum atomic E-state index is -4.55. The molecule has 3 rings (SSSR count). The summed E-state index contributed by atoms with van der Waals surface area (Å²) < 4.78 is 45.3. The maximum Gasteiger partial charge on any atom is 0.423 e. The number of hydrogen-bond donors (Lipinski definition) is 1. The average molecular weight is 365 g/mol. The molecule has 1 N–H and O–H groups in total. The number of aromatic nitrogens is 2. The summed E-state index contributed by atoms with van der Waals surface area (Å²) in [5, 5.41) is 2.98. The minimum Gasteiger partial charge on any atom is -0.474 e. The van der Waals surface area contributed by atoms with E-state index in [2.05, 4.69) is 22.2 Å². The second-order valence-corrected chi connectivity index (χ2v) is 6.51. The van der Waals surface area contributed by atoms with Crippen LogP contribution in [0.25, 0.3) is 0 Å². The molecule has 2 aromatic rings. The van der Waals surface area contributed by atoms with Crippen molar-refractivity contribution in [2.75, 3.05) is 5.32 Å². The second-order valence-electron chi connectivity index (χ2n) is 6.51. The Morgan fingerprint density at radius 2 is 2.00 bits per heavy atom. The van der Waals surface area contributed by atoms with Crippen LogP contribution in [0.4, 0.5) is 24.8 Å². The molecular weight excluding hydrogens is 343 g/mol. The van der Waals surface area contributed by atoms with E-state index in [1.807, 2.05) is 24.3 Å². The van der Waals surface area contributed by atoms with Crippen molar-refractivity contribution in [3.05, 3.63) is 41.6 Å². The molecular formula is C19H22F3N3O. The van der Waals surface area contributed by atoms with Crippen LogP contribution in [0, 0.1) is 0 Å². The van der Waals surface area contributed by atoms with Gasteiger partial charge in [-0.2, -0.15) is 18.2 Å². The summed E-state index contributed by atoms with van der Waals surface area (Å²) >= 11 is 0. The maximum atomic E-state index is 13.2. The molecule has 140 valence electrons. The molecule has 7 heteroatoms. The van der Waals surface area contributed by atoms with Crippen molar-refractivity contribution in [3.8, 4) is 5.88 Å². The van der Waals surface area contributed by atoms with Gasteiger partial charge in [0.25, 0.3) is 0 Å². The number of nitrogens with zero attached hydrogens (tertiary/aromatic N) is 2. The predicted octanol–water partition coefficient (Wildman–Crippen LogP) is 5.51. The summed E-state index contributed by atoms with van der Waals surface area (Å²) in [6.07, 6.45) is 1.40. The van der Waals surface area contributed by atoms with Gasteiger partial charge in [-0.15, -0.1) is 0 Å². The van der Waals surface area contributed by atoms with Crippen molar-refractivity contribution < 1.29 is 17.9 Å². The van der Waals surface area contributed by atoms with Gasteiger partial charge in [0.1, 0.15) is 11.7 Å². The summed E-state index contributed by atoms with van der Waals surface area (Å²) in [5.41, 5.74) is 0.948. The van der Waals surface area contributed by atoms with Crippen LogP contribution in [0.2, 0.25) is 0 Å². The number of nitrogens with one attached hydrogen (secondary N) is 1. The van der Waals surface area contributed by atoms with E-state index in [4.69, 9.17) is 4.74 Å². The molecule has 1 aromatic carbocycles. The first-order chi connectivity index (χ1) is 12.5. The smallest absolute Gasteiger partial charge is 0.423 e. The van der Waals surface area contributed by atoms with Crippen LogP contribution in [0.15, 0.2) is 30.5 Å². The Labute approximate surface area is 150 Å². The van der Waals surface area contributed by atoms with Crippen molar-refractivity contribution in [2.24, 2.45) is 0 Å². The molecule has 1 aliphatic rings. The molecule has 0 saturated heterocycles. The number of ether oxygens (including phenoxy) is 1. The molecule has 1 aromatic heterocycles. The quantitative estimate of drug-likeness (QED) is 0.733. The Hall–Kier alpha value is -2.31. The van der Waals surface area contributed by atoms with E-state index < -0.39 is 17.6 Å². The highest BCUT2D eigenvalue weighted by Crippen LogP contribution is 2.37. The SMILES string of the molecule is CCCc1cccc(Nc2ncc(C(F)(F)F)c(OC3CCCC3)n2)c1. The van der Waals surface area contributed by atoms with Gasteiger partial charge in [0.05, 0.1) is 0 Å². The van der Waals surface area contributed by atoms with Crippen molar-refractivity contribution in [3.63, 3.8) is 0 Å². The Morgan fingerprint density at radius 3 is 2.69 bits per heavy atom. The monoisotopic (exact) mass is 365 g/mol. The molecule has 0 unspecified atom stereocenters. The molecule has 0 atom stereocenters. The summed E-state index contributed by atoms with van der Waals surface area (Å²) in [4.78, 5) is 7.84. The third kappa shape index (κ3) is 4.65. The number of hydrogen-bond acceptors (Lipinski definition) is 4.